The van der Waals surface area contributed by atoms with Gasteiger partial charge in [-0.05, 0) is 17.2 Å². The number of nitrogens with one attached hydrogen (secondary N) is 1. The van der Waals surface area contributed by atoms with E-state index in [0.717, 1.165) is 11.1 Å². The Labute approximate surface area is 158 Å². The Kier molecular flexibility index (Phi) is 7.89. The maximum absolute atomic E-state index is 12.1. The summed E-state index contributed by atoms with van der Waals surface area (Å²) in [4.78, 5) is 24.2. The van der Waals surface area contributed by atoms with Crippen molar-refractivity contribution in [3.8, 4) is 11.8 Å². The Hall–Kier alpha value is -3.30. The molecule has 0 aromatic heterocycles. The van der Waals surface area contributed by atoms with Gasteiger partial charge in [0.05, 0.1) is 7.11 Å². The minimum atomic E-state index is -0.921. The highest BCUT2D eigenvalue weighted by atomic mass is 16.6. The Morgan fingerprint density at radius 3 is 2.52 bits per heavy atom. The molecule has 1 amide bonds. The van der Waals surface area contributed by atoms with Crippen molar-refractivity contribution in [2.45, 2.75) is 19.1 Å². The molecule has 0 saturated carbocycles. The molecular weight excluding hydrogens is 346 g/mol. The highest BCUT2D eigenvalue weighted by molar-refractivity contribution is 5.81. The fourth-order valence-corrected chi connectivity index (χ4v) is 2.42. The summed E-state index contributed by atoms with van der Waals surface area (Å²) >= 11 is 0. The summed E-state index contributed by atoms with van der Waals surface area (Å²) in [6.07, 6.45) is -0.531. The summed E-state index contributed by atoms with van der Waals surface area (Å²) in [6, 6.07) is 15.5. The van der Waals surface area contributed by atoms with Crippen molar-refractivity contribution in [3.05, 3.63) is 71.3 Å². The van der Waals surface area contributed by atoms with Crippen LogP contribution in [0.25, 0.3) is 0 Å². The quantitative estimate of drug-likeness (QED) is 0.603. The molecule has 2 rings (SSSR count). The van der Waals surface area contributed by atoms with Gasteiger partial charge in [0.15, 0.2) is 0 Å². The number of hydrogen-bond acceptors (Lipinski definition) is 5. The second kappa shape index (κ2) is 10.6. The molecule has 1 atom stereocenters. The minimum absolute atomic E-state index is 0.0964. The predicted molar refractivity (Wildman–Crippen MR) is 99.7 cm³/mol. The first-order valence-corrected chi connectivity index (χ1v) is 8.36. The summed E-state index contributed by atoms with van der Waals surface area (Å²) in [5, 5.41) is 11.4. The highest BCUT2D eigenvalue weighted by Gasteiger charge is 2.23. The lowest BCUT2D eigenvalue weighted by Crippen LogP contribution is -2.43. The molecule has 0 saturated heterocycles. The van der Waals surface area contributed by atoms with Gasteiger partial charge < -0.3 is 19.9 Å². The molecular formula is C21H21NO5. The topological polar surface area (TPSA) is 84.9 Å². The number of alkyl carbamates (subject to hydrolysis) is 1. The van der Waals surface area contributed by atoms with Crippen molar-refractivity contribution in [1.82, 2.24) is 5.32 Å². The third-order valence-corrected chi connectivity index (χ3v) is 3.73. The average Bonchev–Trinajstić information content (AvgIpc) is 2.71. The standard InChI is InChI=1S/C21H21NO5/c1-26-20(24)19(14-18-11-6-5-10-17(18)12-7-13-23)22-21(25)27-15-16-8-3-2-4-9-16/h2-6,8-11,19,23H,13-15H2,1H3,(H,22,25). The summed E-state index contributed by atoms with van der Waals surface area (Å²) in [6.45, 7) is -0.169. The maximum atomic E-state index is 12.1. The third kappa shape index (κ3) is 6.49. The maximum Gasteiger partial charge on any atom is 0.408 e. The largest absolute Gasteiger partial charge is 0.467 e. The van der Waals surface area contributed by atoms with E-state index in [2.05, 4.69) is 17.2 Å². The smallest absolute Gasteiger partial charge is 0.408 e. The number of rotatable bonds is 6. The van der Waals surface area contributed by atoms with E-state index in [0.29, 0.717) is 5.56 Å². The molecule has 0 aliphatic rings. The molecule has 0 radical (unpaired) electrons. The predicted octanol–water partition coefficient (Wildman–Crippen LogP) is 2.04. The van der Waals surface area contributed by atoms with Gasteiger partial charge in [0, 0.05) is 12.0 Å². The lowest BCUT2D eigenvalue weighted by Gasteiger charge is -2.17. The van der Waals surface area contributed by atoms with Gasteiger partial charge in [0.25, 0.3) is 0 Å². The van der Waals surface area contributed by atoms with Crippen LogP contribution >= 0.6 is 0 Å². The fraction of sp³-hybridized carbons (Fsp3) is 0.238. The van der Waals surface area contributed by atoms with E-state index in [-0.39, 0.29) is 19.6 Å². The van der Waals surface area contributed by atoms with Crippen molar-refractivity contribution in [2.24, 2.45) is 0 Å². The first kappa shape index (κ1) is 20.0. The van der Waals surface area contributed by atoms with Crippen LogP contribution in [0.5, 0.6) is 0 Å². The van der Waals surface area contributed by atoms with Crippen molar-refractivity contribution in [3.63, 3.8) is 0 Å². The zero-order valence-corrected chi connectivity index (χ0v) is 15.0. The van der Waals surface area contributed by atoms with Gasteiger partial charge >= 0.3 is 12.1 Å². The summed E-state index contributed by atoms with van der Waals surface area (Å²) in [7, 11) is 1.25. The molecule has 0 heterocycles. The third-order valence-electron chi connectivity index (χ3n) is 3.73. The van der Waals surface area contributed by atoms with E-state index in [9.17, 15) is 9.59 Å². The van der Waals surface area contributed by atoms with Crippen LogP contribution in [0.3, 0.4) is 0 Å². The van der Waals surface area contributed by atoms with Crippen molar-refractivity contribution < 1.29 is 24.2 Å². The highest BCUT2D eigenvalue weighted by Crippen LogP contribution is 2.11. The molecule has 2 N–H and O–H groups in total. The molecule has 1 unspecified atom stereocenters. The molecule has 0 aliphatic carbocycles. The van der Waals surface area contributed by atoms with E-state index < -0.39 is 18.1 Å². The van der Waals surface area contributed by atoms with Crippen molar-refractivity contribution in [1.29, 1.82) is 0 Å². The summed E-state index contributed by atoms with van der Waals surface area (Å²) in [5.41, 5.74) is 2.25. The second-order valence-electron chi connectivity index (χ2n) is 5.60. The summed E-state index contributed by atoms with van der Waals surface area (Å²) in [5.74, 6) is 4.82. The van der Waals surface area contributed by atoms with Gasteiger partial charge in [0.1, 0.15) is 19.3 Å². The van der Waals surface area contributed by atoms with Crippen LogP contribution in [0.4, 0.5) is 4.79 Å². The molecule has 27 heavy (non-hydrogen) atoms. The zero-order chi connectivity index (χ0) is 19.5. The van der Waals surface area contributed by atoms with Gasteiger partial charge in [0.2, 0.25) is 0 Å². The average molecular weight is 367 g/mol. The number of hydrogen-bond donors (Lipinski definition) is 2. The molecule has 140 valence electrons. The van der Waals surface area contributed by atoms with Crippen LogP contribution in [0.2, 0.25) is 0 Å². The Morgan fingerprint density at radius 1 is 1.11 bits per heavy atom. The number of carbonyl (C=O) groups excluding carboxylic acids is 2. The van der Waals surface area contributed by atoms with Crippen LogP contribution in [0.1, 0.15) is 16.7 Å². The van der Waals surface area contributed by atoms with Crippen LogP contribution in [-0.4, -0.2) is 36.9 Å². The molecule has 6 nitrogen and oxygen atoms in total. The second-order valence-corrected chi connectivity index (χ2v) is 5.60. The summed E-state index contributed by atoms with van der Waals surface area (Å²) < 4.78 is 9.95. The molecule has 0 fully saturated rings. The lowest BCUT2D eigenvalue weighted by molar-refractivity contribution is -0.143. The van der Waals surface area contributed by atoms with E-state index in [1.54, 1.807) is 18.2 Å². The van der Waals surface area contributed by atoms with Gasteiger partial charge in [-0.1, -0.05) is 60.4 Å². The van der Waals surface area contributed by atoms with E-state index in [4.69, 9.17) is 14.6 Å². The number of esters is 1. The molecule has 0 spiro atoms. The lowest BCUT2D eigenvalue weighted by atomic mass is 10.0. The van der Waals surface area contributed by atoms with Crippen LogP contribution < -0.4 is 5.32 Å². The van der Waals surface area contributed by atoms with E-state index >= 15 is 0 Å². The van der Waals surface area contributed by atoms with Gasteiger partial charge in [-0.15, -0.1) is 0 Å². The molecule has 0 bridgehead atoms. The molecule has 2 aromatic carbocycles. The number of carbonyl (C=O) groups is 2. The fourth-order valence-electron chi connectivity index (χ4n) is 2.42. The van der Waals surface area contributed by atoms with E-state index in [1.807, 2.05) is 36.4 Å². The minimum Gasteiger partial charge on any atom is -0.467 e. The first-order chi connectivity index (χ1) is 13.1. The van der Waals surface area contributed by atoms with Crippen LogP contribution in [-0.2, 0) is 27.3 Å². The molecule has 2 aromatic rings. The van der Waals surface area contributed by atoms with Crippen LogP contribution in [0.15, 0.2) is 54.6 Å². The monoisotopic (exact) mass is 367 g/mol. The van der Waals surface area contributed by atoms with Crippen molar-refractivity contribution in [2.75, 3.05) is 13.7 Å². The molecule has 0 aliphatic heterocycles. The Bertz CT molecular complexity index is 823. The van der Waals surface area contributed by atoms with Gasteiger partial charge in [-0.3, -0.25) is 0 Å². The van der Waals surface area contributed by atoms with Crippen molar-refractivity contribution >= 4 is 12.1 Å². The number of aliphatic hydroxyl groups is 1. The number of benzene rings is 2. The van der Waals surface area contributed by atoms with Gasteiger partial charge in [-0.2, -0.15) is 0 Å². The normalized spacial score (nSPS) is 10.9. The number of aliphatic hydroxyl groups excluding tert-OH is 1. The Balaban J connectivity index is 2.05. The number of amides is 1. The molecule has 6 heteroatoms. The zero-order valence-electron chi connectivity index (χ0n) is 15.0. The van der Waals surface area contributed by atoms with E-state index in [1.165, 1.54) is 7.11 Å². The first-order valence-electron chi connectivity index (χ1n) is 8.36. The SMILES string of the molecule is COC(=O)C(Cc1ccccc1C#CCO)NC(=O)OCc1ccccc1. The number of methoxy groups -OCH3 is 1. The van der Waals surface area contributed by atoms with Gasteiger partial charge in [-0.25, -0.2) is 9.59 Å². The number of ether oxygens (including phenoxy) is 2. The Morgan fingerprint density at radius 2 is 1.81 bits per heavy atom. The van der Waals surface area contributed by atoms with Crippen LogP contribution in [0, 0.1) is 11.8 Å².